The van der Waals surface area contributed by atoms with Gasteiger partial charge in [0.2, 0.25) is 0 Å². The zero-order valence-corrected chi connectivity index (χ0v) is 17.2. The predicted molar refractivity (Wildman–Crippen MR) is 109 cm³/mol. The summed E-state index contributed by atoms with van der Waals surface area (Å²) in [6.07, 6.45) is 3.67. The number of hydrogen-bond donors (Lipinski definition) is 0. The van der Waals surface area contributed by atoms with Crippen LogP contribution in [0.1, 0.15) is 47.9 Å². The molecule has 0 N–H and O–H groups in total. The van der Waals surface area contributed by atoms with E-state index in [9.17, 15) is 4.79 Å². The van der Waals surface area contributed by atoms with E-state index in [0.717, 1.165) is 11.1 Å². The summed E-state index contributed by atoms with van der Waals surface area (Å²) in [5.41, 5.74) is 1.59. The Bertz CT molecular complexity index is 1000. The molecule has 2 aromatic carbocycles. The van der Waals surface area contributed by atoms with Crippen LogP contribution in [0, 0.1) is 0 Å². The number of methoxy groups -OCH3 is 3. The number of ketones is 1. The van der Waals surface area contributed by atoms with Gasteiger partial charge in [0.05, 0.1) is 38.9 Å². The summed E-state index contributed by atoms with van der Waals surface area (Å²) in [5.74, 6) is 2.83. The number of carbonyl (C=O) groups is 1. The zero-order valence-electron chi connectivity index (χ0n) is 17.2. The molecule has 0 unspecified atom stereocenters. The number of rotatable bonds is 4. The first-order valence-corrected chi connectivity index (χ1v) is 9.42. The van der Waals surface area contributed by atoms with Crippen LogP contribution < -0.4 is 23.7 Å². The lowest BCUT2D eigenvalue weighted by atomic mass is 9.92. The van der Waals surface area contributed by atoms with Crippen LogP contribution in [0.25, 0.3) is 6.08 Å². The molecule has 2 aliphatic rings. The van der Waals surface area contributed by atoms with Gasteiger partial charge < -0.3 is 23.7 Å². The molecular formula is C23H24O6. The average Bonchev–Trinajstić information content (AvgIpc) is 2.71. The van der Waals surface area contributed by atoms with E-state index in [0.29, 0.717) is 34.3 Å². The highest BCUT2D eigenvalue weighted by Crippen LogP contribution is 2.49. The van der Waals surface area contributed by atoms with Crippen molar-refractivity contribution in [3.8, 4) is 28.7 Å². The van der Waals surface area contributed by atoms with Gasteiger partial charge in [-0.2, -0.15) is 0 Å². The molecule has 0 fully saturated rings. The van der Waals surface area contributed by atoms with Crippen LogP contribution in [0.15, 0.2) is 30.3 Å². The van der Waals surface area contributed by atoms with Crippen LogP contribution in [-0.4, -0.2) is 32.7 Å². The zero-order chi connectivity index (χ0) is 20.8. The van der Waals surface area contributed by atoms with E-state index < -0.39 is 11.7 Å². The molecule has 0 saturated heterocycles. The molecule has 0 radical (unpaired) electrons. The lowest BCUT2D eigenvalue weighted by molar-refractivity contribution is 0.0844. The maximum absolute atomic E-state index is 13.0. The fourth-order valence-corrected chi connectivity index (χ4v) is 3.67. The SMILES string of the molecule is COc1ccc([C@@H]2CC(=O)c3cc(OC)c4c(c3O2)C=CC(C)(C)O4)cc1OC. The van der Waals surface area contributed by atoms with Gasteiger partial charge in [-0.05, 0) is 49.8 Å². The van der Waals surface area contributed by atoms with Gasteiger partial charge in [-0.15, -0.1) is 0 Å². The van der Waals surface area contributed by atoms with E-state index in [1.807, 2.05) is 44.2 Å². The highest BCUT2D eigenvalue weighted by atomic mass is 16.5. The van der Waals surface area contributed by atoms with Crippen molar-refractivity contribution >= 4 is 11.9 Å². The second kappa shape index (κ2) is 7.03. The van der Waals surface area contributed by atoms with Gasteiger partial charge in [0.1, 0.15) is 17.5 Å². The Morgan fingerprint density at radius 3 is 2.38 bits per heavy atom. The Labute approximate surface area is 170 Å². The van der Waals surface area contributed by atoms with Crippen molar-refractivity contribution in [2.24, 2.45) is 0 Å². The molecule has 0 aliphatic carbocycles. The maximum Gasteiger partial charge on any atom is 0.173 e. The second-order valence-corrected chi connectivity index (χ2v) is 7.59. The van der Waals surface area contributed by atoms with E-state index in [1.165, 1.54) is 0 Å². The molecule has 0 saturated carbocycles. The van der Waals surface area contributed by atoms with Gasteiger partial charge in [0.15, 0.2) is 28.8 Å². The molecule has 0 aromatic heterocycles. The molecule has 152 valence electrons. The van der Waals surface area contributed by atoms with Crippen LogP contribution >= 0.6 is 0 Å². The van der Waals surface area contributed by atoms with E-state index in [1.54, 1.807) is 27.4 Å². The lowest BCUT2D eigenvalue weighted by Crippen LogP contribution is -2.29. The molecule has 1 atom stereocenters. The third-order valence-electron chi connectivity index (χ3n) is 5.18. The predicted octanol–water partition coefficient (Wildman–Crippen LogP) is 4.60. The van der Waals surface area contributed by atoms with Crippen molar-refractivity contribution in [3.63, 3.8) is 0 Å². The van der Waals surface area contributed by atoms with Gasteiger partial charge in [0.25, 0.3) is 0 Å². The Morgan fingerprint density at radius 2 is 1.69 bits per heavy atom. The van der Waals surface area contributed by atoms with Crippen molar-refractivity contribution in [2.75, 3.05) is 21.3 Å². The number of Topliss-reactive ketones (excluding diaryl/α,β-unsaturated/α-hetero) is 1. The Hall–Kier alpha value is -3.15. The smallest absolute Gasteiger partial charge is 0.173 e. The highest BCUT2D eigenvalue weighted by molar-refractivity contribution is 6.02. The normalized spacial score (nSPS) is 18.8. The topological polar surface area (TPSA) is 63.2 Å². The molecule has 2 heterocycles. The standard InChI is InChI=1S/C23H24O6/c1-23(2)9-8-14-21-15(11-20(27-5)22(14)29-23)16(24)12-18(28-21)13-6-7-17(25-3)19(10-13)26-4/h6-11,18H,12H2,1-5H3/t18-/m0/s1. The third kappa shape index (κ3) is 3.28. The van der Waals surface area contributed by atoms with Crippen LogP contribution in [0.4, 0.5) is 0 Å². The first-order chi connectivity index (χ1) is 13.9. The lowest BCUT2D eigenvalue weighted by Gasteiger charge is -2.33. The van der Waals surface area contributed by atoms with Crippen molar-refractivity contribution in [1.29, 1.82) is 0 Å². The summed E-state index contributed by atoms with van der Waals surface area (Å²) in [6, 6.07) is 7.24. The number of carbonyl (C=O) groups excluding carboxylic acids is 1. The Balaban J connectivity index is 1.79. The van der Waals surface area contributed by atoms with Crippen molar-refractivity contribution < 1.29 is 28.5 Å². The van der Waals surface area contributed by atoms with E-state index in [4.69, 9.17) is 23.7 Å². The summed E-state index contributed by atoms with van der Waals surface area (Å²) >= 11 is 0. The second-order valence-electron chi connectivity index (χ2n) is 7.59. The van der Waals surface area contributed by atoms with Crippen LogP contribution in [-0.2, 0) is 0 Å². The molecule has 0 amide bonds. The molecular weight excluding hydrogens is 372 g/mol. The first-order valence-electron chi connectivity index (χ1n) is 9.42. The summed E-state index contributed by atoms with van der Waals surface area (Å²) in [5, 5.41) is 0. The summed E-state index contributed by atoms with van der Waals surface area (Å²) in [6.45, 7) is 3.92. The fraction of sp³-hybridized carbons (Fsp3) is 0.348. The quantitative estimate of drug-likeness (QED) is 0.752. The number of benzene rings is 2. The number of ether oxygens (including phenoxy) is 5. The molecule has 6 nitrogen and oxygen atoms in total. The molecule has 4 rings (SSSR count). The van der Waals surface area contributed by atoms with Crippen molar-refractivity contribution in [3.05, 3.63) is 47.0 Å². The minimum Gasteiger partial charge on any atom is -0.493 e. The summed E-state index contributed by atoms with van der Waals surface area (Å²) < 4.78 is 28.6. The summed E-state index contributed by atoms with van der Waals surface area (Å²) in [4.78, 5) is 13.0. The van der Waals surface area contributed by atoms with Gasteiger partial charge in [0, 0.05) is 0 Å². The maximum atomic E-state index is 13.0. The Kier molecular flexibility index (Phi) is 4.65. The van der Waals surface area contributed by atoms with Gasteiger partial charge in [-0.1, -0.05) is 6.07 Å². The summed E-state index contributed by atoms with van der Waals surface area (Å²) in [7, 11) is 4.73. The van der Waals surface area contributed by atoms with E-state index in [-0.39, 0.29) is 12.2 Å². The molecule has 6 heteroatoms. The molecule has 2 aromatic rings. The molecule has 0 bridgehead atoms. The van der Waals surface area contributed by atoms with Crippen molar-refractivity contribution in [1.82, 2.24) is 0 Å². The molecule has 0 spiro atoms. The molecule has 29 heavy (non-hydrogen) atoms. The monoisotopic (exact) mass is 396 g/mol. The molecule has 2 aliphatic heterocycles. The highest BCUT2D eigenvalue weighted by Gasteiger charge is 2.35. The van der Waals surface area contributed by atoms with Gasteiger partial charge in [-0.25, -0.2) is 0 Å². The van der Waals surface area contributed by atoms with Crippen LogP contribution in [0.2, 0.25) is 0 Å². The average molecular weight is 396 g/mol. The van der Waals surface area contributed by atoms with Gasteiger partial charge >= 0.3 is 0 Å². The van der Waals surface area contributed by atoms with Gasteiger partial charge in [-0.3, -0.25) is 4.79 Å². The van der Waals surface area contributed by atoms with Crippen LogP contribution in [0.5, 0.6) is 28.7 Å². The largest absolute Gasteiger partial charge is 0.493 e. The first kappa shape index (κ1) is 19.2. The third-order valence-corrected chi connectivity index (χ3v) is 5.18. The number of hydrogen-bond acceptors (Lipinski definition) is 6. The Morgan fingerprint density at radius 1 is 0.966 bits per heavy atom. The van der Waals surface area contributed by atoms with Crippen LogP contribution in [0.3, 0.4) is 0 Å². The van der Waals surface area contributed by atoms with Crippen molar-refractivity contribution in [2.45, 2.75) is 32.0 Å². The fourth-order valence-electron chi connectivity index (χ4n) is 3.67. The number of fused-ring (bicyclic) bond motifs is 3. The van der Waals surface area contributed by atoms with E-state index in [2.05, 4.69) is 0 Å². The minimum atomic E-state index is -0.476. The minimum absolute atomic E-state index is 0.00892. The van der Waals surface area contributed by atoms with E-state index >= 15 is 0 Å².